The van der Waals surface area contributed by atoms with E-state index in [0.717, 1.165) is 28.2 Å². The second-order valence-corrected chi connectivity index (χ2v) is 11.2. The molecule has 0 unspecified atom stereocenters. The number of carboxylic acids is 2. The molecule has 15 nitrogen and oxygen atoms in total. The number of nitrogens with zero attached hydrogens (tertiary/aromatic N) is 6. The molecule has 0 radical (unpaired) electrons. The topological polar surface area (TPSA) is 219 Å². The Bertz CT molecular complexity index is 1360. The van der Waals surface area contributed by atoms with Crippen molar-refractivity contribution in [2.24, 2.45) is 12.0 Å². The van der Waals surface area contributed by atoms with Gasteiger partial charge in [0, 0.05) is 31.4 Å². The minimum atomic E-state index is -1.93. The Kier molecular flexibility index (Phi) is 12.0. The van der Waals surface area contributed by atoms with Crippen molar-refractivity contribution in [1.29, 1.82) is 0 Å². The average molecular weight is 620 g/mol. The fourth-order valence-corrected chi connectivity index (χ4v) is 7.58. The number of rotatable bonds is 10. The molecule has 0 bridgehead atoms. The van der Waals surface area contributed by atoms with Crippen molar-refractivity contribution >= 4 is 70.6 Å². The zero-order chi connectivity index (χ0) is 26.2. The van der Waals surface area contributed by atoms with Gasteiger partial charge in [-0.1, -0.05) is 23.3 Å². The van der Waals surface area contributed by atoms with Crippen LogP contribution in [0.2, 0.25) is 0 Å². The van der Waals surface area contributed by atoms with Gasteiger partial charge in [-0.3, -0.25) is 23.9 Å². The summed E-state index contributed by atoms with van der Waals surface area (Å²) in [6.07, 6.45) is 0. The van der Waals surface area contributed by atoms with Crippen LogP contribution in [0.25, 0.3) is 0 Å². The van der Waals surface area contributed by atoms with Crippen molar-refractivity contribution in [3.8, 4) is 0 Å². The largest absolute Gasteiger partial charge is 1.00 e. The second kappa shape index (κ2) is 13.7. The second-order valence-electron chi connectivity index (χ2n) is 7.15. The van der Waals surface area contributed by atoms with E-state index in [1.165, 1.54) is 35.3 Å². The summed E-state index contributed by atoms with van der Waals surface area (Å²) in [4.78, 5) is 52.9. The van der Waals surface area contributed by atoms with Crippen LogP contribution in [0.4, 0.5) is 0 Å². The third-order valence-electron chi connectivity index (χ3n) is 5.05. The van der Waals surface area contributed by atoms with Crippen molar-refractivity contribution < 1.29 is 93.6 Å². The Hall–Kier alpha value is -0.870. The number of H-pyrrole nitrogens is 1. The van der Waals surface area contributed by atoms with Crippen LogP contribution >= 0.6 is 46.8 Å². The predicted octanol–water partition coefficient (Wildman–Crippen LogP) is -8.43. The standard InChI is InChI=1S/C17H17N7O8S4.2Na/c1-23-16(19-21-22-23)35-4-6-3-34-15-17(32-2,14(31)24(15)9(6)12(29)30)18-7(25)5-33-13-8(11(27)28)10(26)20-36-13;;/h15H,3-5H2,1-2H3,(H,18,25)(H,20,26)(H,27,28)(H,29,30);;/q;2*+1/p-2/t15-,17+;;/m1../s1. The van der Waals surface area contributed by atoms with Crippen molar-refractivity contribution in [3.05, 3.63) is 27.2 Å². The normalized spacial score (nSPS) is 20.8. The molecule has 4 rings (SSSR count). The minimum absolute atomic E-state index is 0. The third-order valence-corrected chi connectivity index (χ3v) is 9.64. The summed E-state index contributed by atoms with van der Waals surface area (Å²) in [5.41, 5.74) is -3.12. The number of β-lactam (4-membered cyclic amide) rings is 1. The number of methoxy groups -OCH3 is 1. The van der Waals surface area contributed by atoms with Gasteiger partial charge in [0.05, 0.1) is 15.7 Å². The van der Waals surface area contributed by atoms with Gasteiger partial charge >= 0.3 is 65.1 Å². The number of ether oxygens (including phenoxy) is 1. The monoisotopic (exact) mass is 619 g/mol. The molecule has 2 N–H and O–H groups in total. The van der Waals surface area contributed by atoms with Gasteiger partial charge in [-0.2, -0.15) is 0 Å². The number of carbonyl (C=O) groups excluding carboxylic acids is 2. The maximum atomic E-state index is 13.1. The molecule has 21 heteroatoms. The molecule has 1 amide bonds. The SMILES string of the molecule is CO[C@@]1(N=C([O-])CSc2s[nH]c(=O)c2C(=O)[O-])C(=O)N2C(C(=O)O)=C(CSc3nnnn3C)CS[C@@H]21.[Na+].[Na+]. The Morgan fingerprint density at radius 3 is 2.61 bits per heavy atom. The molecule has 2 atom stereocenters. The van der Waals surface area contributed by atoms with E-state index in [1.54, 1.807) is 7.05 Å². The summed E-state index contributed by atoms with van der Waals surface area (Å²) in [6.45, 7) is 0. The van der Waals surface area contributed by atoms with Gasteiger partial charge in [-0.15, -0.1) is 28.6 Å². The molecule has 1 saturated heterocycles. The molecule has 2 aliphatic heterocycles. The van der Waals surface area contributed by atoms with E-state index in [1.807, 2.05) is 0 Å². The van der Waals surface area contributed by atoms with Crippen LogP contribution in [0, 0.1) is 0 Å². The molecule has 0 aliphatic carbocycles. The van der Waals surface area contributed by atoms with Crippen LogP contribution in [0.1, 0.15) is 10.4 Å². The Balaban J connectivity index is 0.00000253. The summed E-state index contributed by atoms with van der Waals surface area (Å²) in [5, 5.41) is 44.2. The van der Waals surface area contributed by atoms with Gasteiger partial charge in [0.1, 0.15) is 11.1 Å². The van der Waals surface area contributed by atoms with Crippen molar-refractivity contribution in [2.45, 2.75) is 20.5 Å². The zero-order valence-corrected chi connectivity index (χ0v) is 27.6. The number of amides is 1. The Labute approximate surface area is 275 Å². The van der Waals surface area contributed by atoms with Crippen molar-refractivity contribution in [1.82, 2.24) is 29.5 Å². The first-order chi connectivity index (χ1) is 17.1. The van der Waals surface area contributed by atoms with E-state index in [-0.39, 0.29) is 86.3 Å². The molecule has 38 heavy (non-hydrogen) atoms. The molecule has 192 valence electrons. The summed E-state index contributed by atoms with van der Waals surface area (Å²) in [6, 6.07) is 0. The number of aromatic carboxylic acids is 1. The first-order valence-electron chi connectivity index (χ1n) is 9.73. The van der Waals surface area contributed by atoms with Gasteiger partial charge in [0.2, 0.25) is 5.16 Å². The Morgan fingerprint density at radius 2 is 2.03 bits per heavy atom. The molecule has 1 fully saturated rings. The number of aliphatic carboxylic acids is 1. The van der Waals surface area contributed by atoms with Crippen LogP contribution in [0.15, 0.2) is 30.4 Å². The third kappa shape index (κ3) is 6.22. The summed E-state index contributed by atoms with van der Waals surface area (Å²) >= 11 is 3.87. The van der Waals surface area contributed by atoms with Gasteiger partial charge in [-0.05, 0) is 21.9 Å². The van der Waals surface area contributed by atoms with Crippen LogP contribution in [0.3, 0.4) is 0 Å². The quantitative estimate of drug-likeness (QED) is 0.0830. The summed E-state index contributed by atoms with van der Waals surface area (Å²) < 4.78 is 9.03. The number of aliphatic imine (C=N–C) groups is 1. The van der Waals surface area contributed by atoms with E-state index in [9.17, 15) is 34.5 Å². The van der Waals surface area contributed by atoms with E-state index < -0.39 is 46.0 Å². The fraction of sp³-hybridized carbons (Fsp3) is 0.412. The number of nitrogens with one attached hydrogen (secondary N) is 1. The molecule has 2 aliphatic rings. The zero-order valence-electron chi connectivity index (χ0n) is 20.3. The van der Waals surface area contributed by atoms with E-state index in [2.05, 4.69) is 24.9 Å². The molecule has 4 heterocycles. The van der Waals surface area contributed by atoms with Crippen LogP contribution < -0.4 is 74.9 Å². The number of thioether (sulfide) groups is 3. The molecular weight excluding hydrogens is 604 g/mol. The summed E-state index contributed by atoms with van der Waals surface area (Å²) in [7, 11) is 2.82. The predicted molar refractivity (Wildman–Crippen MR) is 124 cm³/mol. The number of aromatic amines is 1. The Morgan fingerprint density at radius 1 is 1.32 bits per heavy atom. The number of hydrogen-bond donors (Lipinski definition) is 2. The van der Waals surface area contributed by atoms with Crippen LogP contribution in [-0.4, -0.2) is 93.8 Å². The number of tetrazole rings is 1. The molecule has 0 aromatic carbocycles. The first kappa shape index (κ1) is 33.3. The molecule has 0 saturated carbocycles. The van der Waals surface area contributed by atoms with Gasteiger partial charge in [0.25, 0.3) is 17.2 Å². The van der Waals surface area contributed by atoms with E-state index in [4.69, 9.17) is 4.74 Å². The maximum absolute atomic E-state index is 13.1. The number of aromatic nitrogens is 5. The number of aryl methyl sites for hydroxylation is 1. The number of fused-ring (bicyclic) bond motifs is 1. The first-order valence-corrected chi connectivity index (χ1v) is 13.6. The van der Waals surface area contributed by atoms with Gasteiger partial charge in [0.15, 0.2) is 0 Å². The smallest absolute Gasteiger partial charge is 0.861 e. The van der Waals surface area contributed by atoms with Gasteiger partial charge in [-0.25, -0.2) is 9.48 Å². The summed E-state index contributed by atoms with van der Waals surface area (Å²) in [5.74, 6) is -4.57. The minimum Gasteiger partial charge on any atom is -0.861 e. The number of hydrogen-bond acceptors (Lipinski definition) is 15. The van der Waals surface area contributed by atoms with Crippen molar-refractivity contribution in [2.75, 3.05) is 24.4 Å². The van der Waals surface area contributed by atoms with E-state index >= 15 is 0 Å². The van der Waals surface area contributed by atoms with Crippen LogP contribution in [-0.2, 0) is 21.4 Å². The maximum Gasteiger partial charge on any atom is 1.00 e. The molecule has 2 aromatic rings. The molecule has 2 aromatic heterocycles. The van der Waals surface area contributed by atoms with Gasteiger partial charge < -0.3 is 24.9 Å². The molecule has 0 spiro atoms. The van der Waals surface area contributed by atoms with Crippen molar-refractivity contribution in [3.63, 3.8) is 0 Å². The average Bonchev–Trinajstić information content (AvgIpc) is 3.43. The van der Waals surface area contributed by atoms with E-state index in [0.29, 0.717) is 10.7 Å². The molecular formula is C17H15N7Na2O8S4. The van der Waals surface area contributed by atoms with Crippen LogP contribution in [0.5, 0.6) is 0 Å². The fourth-order valence-electron chi connectivity index (χ4n) is 3.42. The number of carboxylic acid groups (broad SMARTS) is 2. The number of carbonyl (C=O) groups is 3.